The Morgan fingerprint density at radius 3 is 2.48 bits per heavy atom. The summed E-state index contributed by atoms with van der Waals surface area (Å²) in [5, 5.41) is 0.176. The first kappa shape index (κ1) is 16.8. The molecule has 0 saturated heterocycles. The van der Waals surface area contributed by atoms with Crippen molar-refractivity contribution in [2.75, 3.05) is 12.4 Å². The molecule has 0 atom stereocenters. The van der Waals surface area contributed by atoms with Crippen LogP contribution in [0.1, 0.15) is 32.1 Å². The fourth-order valence-electron chi connectivity index (χ4n) is 2.82. The van der Waals surface area contributed by atoms with Crippen LogP contribution < -0.4 is 4.74 Å². The van der Waals surface area contributed by atoms with Crippen LogP contribution in [-0.4, -0.2) is 20.8 Å². The molecule has 1 aliphatic carbocycles. The van der Waals surface area contributed by atoms with Crippen LogP contribution in [0.4, 0.5) is 4.39 Å². The van der Waals surface area contributed by atoms with Gasteiger partial charge in [0.15, 0.2) is 0 Å². The van der Waals surface area contributed by atoms with E-state index < -0.39 is 20.3 Å². The van der Waals surface area contributed by atoms with Gasteiger partial charge in [0.25, 0.3) is 0 Å². The maximum absolute atomic E-state index is 13.0. The summed E-state index contributed by atoms with van der Waals surface area (Å²) in [6.07, 6.45) is 4.48. The zero-order valence-electron chi connectivity index (χ0n) is 11.4. The van der Waals surface area contributed by atoms with Gasteiger partial charge in [-0.3, -0.25) is 0 Å². The Bertz CT molecular complexity index is 598. The average molecular weight is 355 g/mol. The fourth-order valence-corrected chi connectivity index (χ4v) is 4.84. The van der Waals surface area contributed by atoms with Crippen molar-refractivity contribution in [1.82, 2.24) is 0 Å². The summed E-state index contributed by atoms with van der Waals surface area (Å²) in [6.45, 7) is 0.213. The van der Waals surface area contributed by atoms with Crippen molar-refractivity contribution in [3.05, 3.63) is 29.0 Å². The van der Waals surface area contributed by atoms with Crippen LogP contribution >= 0.6 is 22.3 Å². The van der Waals surface area contributed by atoms with E-state index in [2.05, 4.69) is 0 Å². The summed E-state index contributed by atoms with van der Waals surface area (Å²) in [5.41, 5.74) is -0.490. The van der Waals surface area contributed by atoms with Gasteiger partial charge in [0.2, 0.25) is 9.05 Å². The van der Waals surface area contributed by atoms with Crippen molar-refractivity contribution in [3.8, 4) is 5.75 Å². The number of hydrogen-bond acceptors (Lipinski definition) is 3. The van der Waals surface area contributed by atoms with Gasteiger partial charge in [0.1, 0.15) is 11.6 Å². The summed E-state index contributed by atoms with van der Waals surface area (Å²) in [4.78, 5) is 0. The average Bonchev–Trinajstić information content (AvgIpc) is 2.37. The van der Waals surface area contributed by atoms with E-state index in [9.17, 15) is 12.8 Å². The number of hydrogen-bond donors (Lipinski definition) is 0. The van der Waals surface area contributed by atoms with Crippen LogP contribution in [0.5, 0.6) is 5.75 Å². The summed E-state index contributed by atoms with van der Waals surface area (Å²) >= 11 is 5.92. The number of rotatable bonds is 5. The number of ether oxygens (including phenoxy) is 1. The van der Waals surface area contributed by atoms with E-state index in [4.69, 9.17) is 27.0 Å². The predicted octanol–water partition coefficient (Wildman–Crippen LogP) is 4.38. The Labute approximate surface area is 133 Å². The van der Waals surface area contributed by atoms with Crippen molar-refractivity contribution in [3.63, 3.8) is 0 Å². The molecular weight excluding hydrogens is 338 g/mol. The minimum Gasteiger partial charge on any atom is -0.491 e. The first-order valence-electron chi connectivity index (χ1n) is 6.80. The van der Waals surface area contributed by atoms with Gasteiger partial charge in [-0.15, -0.1) is 0 Å². The minimum absolute atomic E-state index is 0.111. The van der Waals surface area contributed by atoms with Crippen LogP contribution in [0.2, 0.25) is 5.02 Å². The SMILES string of the molecule is O=S(=O)(Cl)CC1(COc2ccc(F)cc2Cl)CCCCC1. The molecule has 0 heterocycles. The van der Waals surface area contributed by atoms with Crippen LogP contribution in [0.15, 0.2) is 18.2 Å². The third-order valence-corrected chi connectivity index (χ3v) is 5.40. The summed E-state index contributed by atoms with van der Waals surface area (Å²) < 4.78 is 41.6. The second-order valence-corrected chi connectivity index (χ2v) is 8.79. The molecule has 0 aromatic heterocycles. The fraction of sp³-hybridized carbons (Fsp3) is 0.571. The topological polar surface area (TPSA) is 43.4 Å². The summed E-state index contributed by atoms with van der Waals surface area (Å²) in [7, 11) is 1.83. The lowest BCUT2D eigenvalue weighted by Crippen LogP contribution is -2.36. The maximum atomic E-state index is 13.0. The molecule has 0 spiro atoms. The first-order chi connectivity index (χ1) is 9.80. The quantitative estimate of drug-likeness (QED) is 0.737. The molecule has 0 amide bonds. The monoisotopic (exact) mass is 354 g/mol. The molecule has 1 aliphatic rings. The van der Waals surface area contributed by atoms with Gasteiger partial charge >= 0.3 is 0 Å². The summed E-state index contributed by atoms with van der Waals surface area (Å²) in [5.74, 6) is -0.196. The Morgan fingerprint density at radius 1 is 1.24 bits per heavy atom. The number of halogens is 3. The Hall–Kier alpha value is -0.520. The lowest BCUT2D eigenvalue weighted by molar-refractivity contribution is 0.119. The number of benzene rings is 1. The lowest BCUT2D eigenvalue weighted by atomic mass is 9.76. The van der Waals surface area contributed by atoms with Gasteiger partial charge < -0.3 is 4.74 Å². The van der Waals surface area contributed by atoms with E-state index >= 15 is 0 Å². The molecule has 2 rings (SSSR count). The van der Waals surface area contributed by atoms with Crippen molar-refractivity contribution >= 4 is 31.3 Å². The van der Waals surface area contributed by atoms with Gasteiger partial charge in [-0.05, 0) is 31.0 Å². The Morgan fingerprint density at radius 2 is 1.90 bits per heavy atom. The highest BCUT2D eigenvalue weighted by Crippen LogP contribution is 2.39. The van der Waals surface area contributed by atoms with Crippen LogP contribution in [0.3, 0.4) is 0 Å². The molecule has 3 nitrogen and oxygen atoms in total. The van der Waals surface area contributed by atoms with Gasteiger partial charge in [-0.25, -0.2) is 12.8 Å². The molecule has 7 heteroatoms. The van der Waals surface area contributed by atoms with Gasteiger partial charge in [-0.1, -0.05) is 30.9 Å². The standard InChI is InChI=1S/C14H17Cl2FO3S/c15-12-8-11(17)4-5-13(12)20-9-14(10-21(16,18)19)6-2-1-3-7-14/h4-5,8H,1-3,6-7,9-10H2. The molecule has 1 aromatic carbocycles. The van der Waals surface area contributed by atoms with Crippen LogP contribution in [0.25, 0.3) is 0 Å². The normalized spacial score (nSPS) is 18.4. The molecular formula is C14H17Cl2FO3S. The molecule has 1 fully saturated rings. The van der Waals surface area contributed by atoms with E-state index in [1.807, 2.05) is 0 Å². The third-order valence-electron chi connectivity index (χ3n) is 3.82. The maximum Gasteiger partial charge on any atom is 0.233 e. The highest BCUT2D eigenvalue weighted by molar-refractivity contribution is 8.13. The lowest BCUT2D eigenvalue weighted by Gasteiger charge is -2.36. The molecule has 118 valence electrons. The van der Waals surface area contributed by atoms with E-state index in [1.165, 1.54) is 18.2 Å². The minimum atomic E-state index is -3.60. The van der Waals surface area contributed by atoms with Gasteiger partial charge in [0.05, 0.1) is 17.4 Å². The highest BCUT2D eigenvalue weighted by atomic mass is 35.7. The molecule has 0 radical (unpaired) electrons. The molecule has 1 saturated carbocycles. The Kier molecular flexibility index (Phi) is 5.38. The van der Waals surface area contributed by atoms with E-state index in [1.54, 1.807) is 0 Å². The zero-order valence-corrected chi connectivity index (χ0v) is 13.8. The predicted molar refractivity (Wildman–Crippen MR) is 82.1 cm³/mol. The van der Waals surface area contributed by atoms with Crippen molar-refractivity contribution < 1.29 is 17.5 Å². The van der Waals surface area contributed by atoms with Crippen LogP contribution in [0, 0.1) is 11.2 Å². The zero-order chi connectivity index (χ0) is 15.5. The molecule has 0 bridgehead atoms. The first-order valence-corrected chi connectivity index (χ1v) is 9.66. The van der Waals surface area contributed by atoms with E-state index in [0.717, 1.165) is 32.1 Å². The largest absolute Gasteiger partial charge is 0.491 e. The molecule has 21 heavy (non-hydrogen) atoms. The van der Waals surface area contributed by atoms with Gasteiger partial charge in [0, 0.05) is 16.1 Å². The summed E-state index contributed by atoms with van der Waals surface area (Å²) in [6, 6.07) is 3.87. The third kappa shape index (κ3) is 5.01. The van der Waals surface area contributed by atoms with Crippen molar-refractivity contribution in [1.29, 1.82) is 0 Å². The second kappa shape index (κ2) is 6.71. The second-order valence-electron chi connectivity index (χ2n) is 5.61. The van der Waals surface area contributed by atoms with E-state index in [-0.39, 0.29) is 17.4 Å². The molecule has 1 aromatic rings. The van der Waals surface area contributed by atoms with E-state index in [0.29, 0.717) is 5.75 Å². The van der Waals surface area contributed by atoms with Gasteiger partial charge in [-0.2, -0.15) is 0 Å². The molecule has 0 N–H and O–H groups in total. The van der Waals surface area contributed by atoms with Crippen molar-refractivity contribution in [2.24, 2.45) is 5.41 Å². The van der Waals surface area contributed by atoms with Crippen molar-refractivity contribution in [2.45, 2.75) is 32.1 Å². The van der Waals surface area contributed by atoms with Crippen LogP contribution in [-0.2, 0) is 9.05 Å². The Balaban J connectivity index is 2.12. The smallest absolute Gasteiger partial charge is 0.233 e. The molecule has 0 unspecified atom stereocenters. The highest BCUT2D eigenvalue weighted by Gasteiger charge is 2.37. The molecule has 0 aliphatic heterocycles.